The van der Waals surface area contributed by atoms with Crippen LogP contribution in [0.3, 0.4) is 0 Å². The second-order valence-corrected chi connectivity index (χ2v) is 8.00. The summed E-state index contributed by atoms with van der Waals surface area (Å²) in [6.45, 7) is 4.40. The standard InChI is InChI=1S/C26H24N4O3/c1-18(31)19-6-9-22(10-7-19)30-24-11-8-21(16-20(24)17-27-30)28-26(32)23-4-2-3-5-25(23)29-12-14-33-15-13-29/h2-11,16-17H,12-15H2,1H3,(H,28,32). The molecule has 1 aliphatic rings. The maximum atomic E-state index is 13.1. The number of Topliss-reactive ketones (excluding diaryl/α,β-unsaturated/α-hetero) is 1. The molecule has 33 heavy (non-hydrogen) atoms. The van der Waals surface area contributed by atoms with Gasteiger partial charge in [0.2, 0.25) is 0 Å². The number of hydrogen-bond donors (Lipinski definition) is 1. The molecule has 1 saturated heterocycles. The molecule has 7 nitrogen and oxygen atoms in total. The van der Waals surface area contributed by atoms with Crippen molar-refractivity contribution in [2.45, 2.75) is 6.92 Å². The van der Waals surface area contributed by atoms with Crippen molar-refractivity contribution in [2.75, 3.05) is 36.5 Å². The van der Waals surface area contributed by atoms with Crippen LogP contribution in [0, 0.1) is 0 Å². The number of nitrogens with zero attached hydrogens (tertiary/aromatic N) is 3. The molecule has 0 atom stereocenters. The predicted molar refractivity (Wildman–Crippen MR) is 129 cm³/mol. The van der Waals surface area contributed by atoms with Gasteiger partial charge in [0.1, 0.15) is 0 Å². The molecule has 5 rings (SSSR count). The van der Waals surface area contributed by atoms with E-state index in [2.05, 4.69) is 15.3 Å². The lowest BCUT2D eigenvalue weighted by Crippen LogP contribution is -2.37. The summed E-state index contributed by atoms with van der Waals surface area (Å²) < 4.78 is 7.26. The van der Waals surface area contributed by atoms with Gasteiger partial charge < -0.3 is 15.0 Å². The van der Waals surface area contributed by atoms with Gasteiger partial charge in [-0.2, -0.15) is 5.10 Å². The summed E-state index contributed by atoms with van der Waals surface area (Å²) in [5, 5.41) is 8.43. The second-order valence-electron chi connectivity index (χ2n) is 8.00. The lowest BCUT2D eigenvalue weighted by Gasteiger charge is -2.30. The van der Waals surface area contributed by atoms with Gasteiger partial charge in [0.05, 0.1) is 36.2 Å². The molecule has 0 bridgehead atoms. The van der Waals surface area contributed by atoms with E-state index in [0.717, 1.165) is 35.4 Å². The highest BCUT2D eigenvalue weighted by atomic mass is 16.5. The van der Waals surface area contributed by atoms with Crippen LogP contribution in [0.15, 0.2) is 72.9 Å². The van der Waals surface area contributed by atoms with E-state index in [1.807, 2.05) is 59.3 Å². The van der Waals surface area contributed by atoms with E-state index in [1.54, 1.807) is 25.3 Å². The Morgan fingerprint density at radius 1 is 0.970 bits per heavy atom. The number of para-hydroxylation sites is 1. The first-order valence-corrected chi connectivity index (χ1v) is 10.9. The lowest BCUT2D eigenvalue weighted by molar-refractivity contribution is 0.101. The Morgan fingerprint density at radius 3 is 2.48 bits per heavy atom. The van der Waals surface area contributed by atoms with E-state index in [-0.39, 0.29) is 11.7 Å². The lowest BCUT2D eigenvalue weighted by atomic mass is 10.1. The summed E-state index contributed by atoms with van der Waals surface area (Å²) in [6.07, 6.45) is 1.77. The Balaban J connectivity index is 1.38. The number of benzene rings is 3. The van der Waals surface area contributed by atoms with Crippen molar-refractivity contribution >= 4 is 34.0 Å². The monoisotopic (exact) mass is 440 g/mol. The molecular formula is C26H24N4O3. The van der Waals surface area contributed by atoms with Gasteiger partial charge in [-0.1, -0.05) is 12.1 Å². The number of amides is 1. The molecule has 1 fully saturated rings. The minimum Gasteiger partial charge on any atom is -0.378 e. The summed E-state index contributed by atoms with van der Waals surface area (Å²) in [7, 11) is 0. The van der Waals surface area contributed by atoms with Crippen molar-refractivity contribution in [1.82, 2.24) is 9.78 Å². The normalized spacial score (nSPS) is 13.8. The van der Waals surface area contributed by atoms with Crippen LogP contribution in [0.5, 0.6) is 0 Å². The summed E-state index contributed by atoms with van der Waals surface area (Å²) in [4.78, 5) is 26.8. The molecule has 2 heterocycles. The Bertz CT molecular complexity index is 1320. The average molecular weight is 441 g/mol. The van der Waals surface area contributed by atoms with Crippen LogP contribution < -0.4 is 10.2 Å². The highest BCUT2D eigenvalue weighted by molar-refractivity contribution is 6.08. The zero-order valence-electron chi connectivity index (χ0n) is 18.3. The number of ketones is 1. The van der Waals surface area contributed by atoms with Gasteiger partial charge in [-0.05, 0) is 61.5 Å². The molecule has 0 unspecified atom stereocenters. The Morgan fingerprint density at radius 2 is 1.73 bits per heavy atom. The molecule has 4 aromatic rings. The van der Waals surface area contributed by atoms with Gasteiger partial charge >= 0.3 is 0 Å². The van der Waals surface area contributed by atoms with Crippen LogP contribution in [0.4, 0.5) is 11.4 Å². The number of aromatic nitrogens is 2. The van der Waals surface area contributed by atoms with Crippen molar-refractivity contribution in [2.24, 2.45) is 0 Å². The first-order valence-electron chi connectivity index (χ1n) is 10.9. The summed E-state index contributed by atoms with van der Waals surface area (Å²) >= 11 is 0. The van der Waals surface area contributed by atoms with Crippen molar-refractivity contribution in [1.29, 1.82) is 0 Å². The van der Waals surface area contributed by atoms with E-state index in [1.165, 1.54) is 0 Å². The first-order chi connectivity index (χ1) is 16.1. The van der Waals surface area contributed by atoms with Crippen LogP contribution in [0.2, 0.25) is 0 Å². The van der Waals surface area contributed by atoms with Crippen molar-refractivity contribution in [3.05, 3.63) is 84.1 Å². The Labute approximate surface area is 191 Å². The molecule has 166 valence electrons. The van der Waals surface area contributed by atoms with Gasteiger partial charge in [0.15, 0.2) is 5.78 Å². The van der Waals surface area contributed by atoms with Crippen LogP contribution in [-0.4, -0.2) is 47.8 Å². The molecule has 0 spiro atoms. The largest absolute Gasteiger partial charge is 0.378 e. The van der Waals surface area contributed by atoms with Crippen LogP contribution in [-0.2, 0) is 4.74 Å². The Kier molecular flexibility index (Phi) is 5.62. The molecule has 1 amide bonds. The van der Waals surface area contributed by atoms with Crippen molar-refractivity contribution < 1.29 is 14.3 Å². The van der Waals surface area contributed by atoms with Crippen molar-refractivity contribution in [3.63, 3.8) is 0 Å². The maximum Gasteiger partial charge on any atom is 0.257 e. The average Bonchev–Trinajstić information content (AvgIpc) is 3.28. The van der Waals surface area contributed by atoms with E-state index in [9.17, 15) is 9.59 Å². The number of hydrogen-bond acceptors (Lipinski definition) is 5. The smallest absolute Gasteiger partial charge is 0.257 e. The summed E-state index contributed by atoms with van der Waals surface area (Å²) in [6, 6.07) is 20.7. The maximum absolute atomic E-state index is 13.1. The summed E-state index contributed by atoms with van der Waals surface area (Å²) in [5.74, 6) is -0.119. The van der Waals surface area contributed by atoms with E-state index in [0.29, 0.717) is 30.0 Å². The third kappa shape index (κ3) is 4.23. The van der Waals surface area contributed by atoms with E-state index >= 15 is 0 Å². The van der Waals surface area contributed by atoms with Gasteiger partial charge in [0.25, 0.3) is 5.91 Å². The predicted octanol–water partition coefficient (Wildman–Crippen LogP) is 4.32. The third-order valence-electron chi connectivity index (χ3n) is 5.84. The zero-order valence-corrected chi connectivity index (χ0v) is 18.3. The molecule has 1 aromatic heterocycles. The van der Waals surface area contributed by atoms with E-state index in [4.69, 9.17) is 4.74 Å². The number of morpholine rings is 1. The fraction of sp³-hybridized carbons (Fsp3) is 0.192. The number of nitrogens with one attached hydrogen (secondary N) is 1. The fourth-order valence-electron chi connectivity index (χ4n) is 4.10. The number of carbonyl (C=O) groups is 2. The van der Waals surface area contributed by atoms with E-state index < -0.39 is 0 Å². The van der Waals surface area contributed by atoms with Gasteiger partial charge in [-0.25, -0.2) is 4.68 Å². The number of carbonyl (C=O) groups excluding carboxylic acids is 2. The molecule has 1 aliphatic heterocycles. The molecule has 7 heteroatoms. The number of rotatable bonds is 5. The summed E-state index contributed by atoms with van der Waals surface area (Å²) in [5.41, 5.74) is 4.71. The highest BCUT2D eigenvalue weighted by Crippen LogP contribution is 2.25. The molecular weight excluding hydrogens is 416 g/mol. The number of anilines is 2. The van der Waals surface area contributed by atoms with Gasteiger partial charge in [-0.3, -0.25) is 9.59 Å². The zero-order chi connectivity index (χ0) is 22.8. The van der Waals surface area contributed by atoms with Gasteiger partial charge in [-0.15, -0.1) is 0 Å². The topological polar surface area (TPSA) is 76.5 Å². The molecule has 3 aromatic carbocycles. The number of fused-ring (bicyclic) bond motifs is 1. The molecule has 0 saturated carbocycles. The SMILES string of the molecule is CC(=O)c1ccc(-n2ncc3cc(NC(=O)c4ccccc4N4CCOCC4)ccc32)cc1. The quantitative estimate of drug-likeness (QED) is 0.468. The number of ether oxygens (including phenoxy) is 1. The minimum atomic E-state index is -0.149. The fourth-order valence-corrected chi connectivity index (χ4v) is 4.10. The molecule has 1 N–H and O–H groups in total. The van der Waals surface area contributed by atoms with Crippen LogP contribution in [0.25, 0.3) is 16.6 Å². The van der Waals surface area contributed by atoms with Crippen LogP contribution >= 0.6 is 0 Å². The minimum absolute atomic E-state index is 0.0300. The Hall–Kier alpha value is -3.97. The molecule has 0 aliphatic carbocycles. The second kappa shape index (κ2) is 8.88. The third-order valence-corrected chi connectivity index (χ3v) is 5.84. The van der Waals surface area contributed by atoms with Crippen LogP contribution in [0.1, 0.15) is 27.6 Å². The highest BCUT2D eigenvalue weighted by Gasteiger charge is 2.18. The van der Waals surface area contributed by atoms with Crippen molar-refractivity contribution in [3.8, 4) is 5.69 Å². The van der Waals surface area contributed by atoms with Gasteiger partial charge in [0, 0.05) is 35.4 Å². The first kappa shape index (κ1) is 20.9. The molecule has 0 radical (unpaired) electrons.